The molecule has 50 heavy (non-hydrogen) atoms. The summed E-state index contributed by atoms with van der Waals surface area (Å²) in [7, 11) is 6.25. The number of carbonyl (C=O) groups is 2. The van der Waals surface area contributed by atoms with Gasteiger partial charge in [0.25, 0.3) is 5.91 Å². The molecule has 1 unspecified atom stereocenters. The van der Waals surface area contributed by atoms with Gasteiger partial charge in [-0.25, -0.2) is 22.5 Å². The number of methoxy groups -OCH3 is 2. The van der Waals surface area contributed by atoms with E-state index in [2.05, 4.69) is 10.2 Å². The number of anilines is 1. The molecule has 10 nitrogen and oxygen atoms in total. The second kappa shape index (κ2) is 20.4. The average molecular weight is 709 g/mol. The SMILES string of the molecule is CNC(=O)c1ccc(F)cc1.COc1cc(C2CCN(CC(C)(C)O)CC2)nc(N(C)CC(CC=O)c2c(F)cc(OC)cc2F)c1.OCF. The summed E-state index contributed by atoms with van der Waals surface area (Å²) in [4.78, 5) is 31.2. The average Bonchev–Trinajstić information content (AvgIpc) is 3.08. The van der Waals surface area contributed by atoms with Crippen LogP contribution < -0.4 is 19.7 Å². The Kier molecular flexibility index (Phi) is 17.1. The first-order valence-corrected chi connectivity index (χ1v) is 16.0. The van der Waals surface area contributed by atoms with E-state index in [1.165, 1.54) is 38.4 Å². The Labute approximate surface area is 291 Å². The minimum Gasteiger partial charge on any atom is -0.497 e. The fourth-order valence-corrected chi connectivity index (χ4v) is 5.61. The van der Waals surface area contributed by atoms with E-state index in [1.807, 2.05) is 19.9 Å². The fraction of sp³-hybridized carbons (Fsp3) is 0.472. The highest BCUT2D eigenvalue weighted by Crippen LogP contribution is 2.34. The summed E-state index contributed by atoms with van der Waals surface area (Å²) in [6.45, 7) is 4.89. The zero-order valence-electron chi connectivity index (χ0n) is 29.4. The molecular formula is C36H48F4N4O6. The molecule has 0 aliphatic carbocycles. The number of pyridine rings is 1. The zero-order chi connectivity index (χ0) is 37.4. The Bertz CT molecular complexity index is 1480. The molecule has 3 aromatic rings. The standard InChI is InChI=1S/C27H37F2N3O4.C8H8FNO.CH3FO/c1-27(2,34)17-32-9-6-18(7-10-32)24-14-21(36-5)15-25(30-24)31(3)16-19(8-11-33)26-22(28)12-20(35-4)13-23(26)29;1-10-8(11)6-2-4-7(9)5-3-6;2-1-3/h11-15,18-19,34H,6-10,16-17H2,1-5H3;2-5H,1H3,(H,10,11);3H,1H2. The number of nitrogens with one attached hydrogen (secondary N) is 1. The summed E-state index contributed by atoms with van der Waals surface area (Å²) in [6.07, 6.45) is 2.43. The zero-order valence-corrected chi connectivity index (χ0v) is 29.4. The van der Waals surface area contributed by atoms with Gasteiger partial charge in [-0.2, -0.15) is 0 Å². The molecule has 3 N–H and O–H groups in total. The topological polar surface area (TPSA) is 124 Å². The molecule has 2 aromatic carbocycles. The summed E-state index contributed by atoms with van der Waals surface area (Å²) < 4.78 is 62.2. The van der Waals surface area contributed by atoms with E-state index in [1.54, 1.807) is 25.1 Å². The van der Waals surface area contributed by atoms with Gasteiger partial charge in [-0.05, 0) is 64.0 Å². The summed E-state index contributed by atoms with van der Waals surface area (Å²) >= 11 is 0. The van der Waals surface area contributed by atoms with Crippen LogP contribution in [-0.4, -0.2) is 99.2 Å². The number of nitrogens with zero attached hydrogens (tertiary/aromatic N) is 3. The molecule has 0 spiro atoms. The van der Waals surface area contributed by atoms with Gasteiger partial charge >= 0.3 is 0 Å². The van der Waals surface area contributed by atoms with Crippen molar-refractivity contribution in [2.75, 3.05) is 66.3 Å². The van der Waals surface area contributed by atoms with Gasteiger partial charge in [-0.1, -0.05) is 0 Å². The van der Waals surface area contributed by atoms with E-state index in [4.69, 9.17) is 19.6 Å². The molecule has 1 fully saturated rings. The van der Waals surface area contributed by atoms with E-state index in [0.29, 0.717) is 30.0 Å². The molecule has 1 aromatic heterocycles. The van der Waals surface area contributed by atoms with Crippen molar-refractivity contribution in [1.29, 1.82) is 0 Å². The Morgan fingerprint density at radius 3 is 2.08 bits per heavy atom. The third-order valence-corrected chi connectivity index (χ3v) is 7.95. The molecule has 4 rings (SSSR count). The molecule has 2 heterocycles. The molecule has 1 amide bonds. The van der Waals surface area contributed by atoms with E-state index < -0.39 is 30.0 Å². The van der Waals surface area contributed by atoms with Gasteiger partial charge in [0.2, 0.25) is 0 Å². The molecule has 1 aliphatic heterocycles. The third-order valence-electron chi connectivity index (χ3n) is 7.95. The molecule has 0 radical (unpaired) electrons. The van der Waals surface area contributed by atoms with E-state index in [9.17, 15) is 32.3 Å². The predicted octanol–water partition coefficient (Wildman–Crippen LogP) is 5.23. The maximum atomic E-state index is 14.8. The first-order chi connectivity index (χ1) is 23.7. The van der Waals surface area contributed by atoms with Gasteiger partial charge in [-0.15, -0.1) is 0 Å². The van der Waals surface area contributed by atoms with E-state index in [0.717, 1.165) is 43.8 Å². The van der Waals surface area contributed by atoms with Gasteiger partial charge in [0.1, 0.15) is 41.1 Å². The summed E-state index contributed by atoms with van der Waals surface area (Å²) in [5.41, 5.74) is 0.483. The number of likely N-dealkylation sites (N-methyl/N-ethyl adjacent to an activating group) is 1. The number of β-amino-alcohol motifs (C(OH)–C–C–N with tert-alkyl or cyclic N) is 1. The number of hydrogen-bond acceptors (Lipinski definition) is 9. The number of aliphatic hydroxyl groups excluding tert-OH is 1. The first kappa shape index (κ1) is 41.9. The van der Waals surface area contributed by atoms with Gasteiger partial charge in [0.15, 0.2) is 6.86 Å². The molecule has 1 atom stereocenters. The Morgan fingerprint density at radius 1 is 1.06 bits per heavy atom. The Morgan fingerprint density at radius 2 is 1.60 bits per heavy atom. The number of piperidine rings is 1. The lowest BCUT2D eigenvalue weighted by molar-refractivity contribution is -0.108. The molecule has 276 valence electrons. The van der Waals surface area contributed by atoms with Crippen molar-refractivity contribution in [3.63, 3.8) is 0 Å². The number of amides is 1. The van der Waals surface area contributed by atoms with E-state index >= 15 is 0 Å². The highest BCUT2D eigenvalue weighted by Gasteiger charge is 2.27. The maximum Gasteiger partial charge on any atom is 0.251 e. The summed E-state index contributed by atoms with van der Waals surface area (Å²) in [5, 5.41) is 19.5. The number of aliphatic hydroxyl groups is 2. The van der Waals surface area contributed by atoms with Crippen LogP contribution >= 0.6 is 0 Å². The number of hydrogen-bond donors (Lipinski definition) is 3. The maximum absolute atomic E-state index is 14.8. The summed E-state index contributed by atoms with van der Waals surface area (Å²) in [6, 6.07) is 11.4. The predicted molar refractivity (Wildman–Crippen MR) is 183 cm³/mol. The van der Waals surface area contributed by atoms with Crippen LogP contribution in [0.1, 0.15) is 66.6 Å². The van der Waals surface area contributed by atoms with Crippen molar-refractivity contribution in [2.45, 2.75) is 50.5 Å². The lowest BCUT2D eigenvalue weighted by Crippen LogP contribution is -2.42. The number of rotatable bonds is 12. The quantitative estimate of drug-likeness (QED) is 0.172. The van der Waals surface area contributed by atoms with Gasteiger partial charge in [0.05, 0.1) is 19.8 Å². The largest absolute Gasteiger partial charge is 0.497 e. The first-order valence-electron chi connectivity index (χ1n) is 16.0. The monoisotopic (exact) mass is 708 g/mol. The highest BCUT2D eigenvalue weighted by atomic mass is 19.1. The van der Waals surface area contributed by atoms with Gasteiger partial charge in [0, 0.05) is 86.5 Å². The lowest BCUT2D eigenvalue weighted by atomic mass is 9.92. The number of ether oxygens (including phenoxy) is 2. The second-order valence-corrected chi connectivity index (χ2v) is 12.3. The minimum absolute atomic E-state index is 0.0407. The van der Waals surface area contributed by atoms with Crippen LogP contribution in [0, 0.1) is 17.5 Å². The minimum atomic E-state index is -1.25. The number of aromatic nitrogens is 1. The molecule has 14 heteroatoms. The number of alkyl halides is 1. The number of carbonyl (C=O) groups excluding carboxylic acids is 2. The van der Waals surface area contributed by atoms with Crippen LogP contribution in [0.15, 0.2) is 48.5 Å². The van der Waals surface area contributed by atoms with Crippen molar-refractivity contribution in [1.82, 2.24) is 15.2 Å². The summed E-state index contributed by atoms with van der Waals surface area (Å²) in [5.74, 6) is -1.17. The van der Waals surface area contributed by atoms with Crippen molar-refractivity contribution in [2.24, 2.45) is 0 Å². The van der Waals surface area contributed by atoms with Crippen molar-refractivity contribution >= 4 is 18.0 Å². The third kappa shape index (κ3) is 13.2. The van der Waals surface area contributed by atoms with Gasteiger partial charge in [-0.3, -0.25) is 4.79 Å². The number of aldehydes is 1. The van der Waals surface area contributed by atoms with Crippen LogP contribution in [0.5, 0.6) is 11.5 Å². The molecule has 1 saturated heterocycles. The van der Waals surface area contributed by atoms with Crippen LogP contribution in [0.3, 0.4) is 0 Å². The Hall–Kier alpha value is -4.27. The fourth-order valence-electron chi connectivity index (χ4n) is 5.61. The van der Waals surface area contributed by atoms with Crippen molar-refractivity contribution in [3.8, 4) is 11.5 Å². The second-order valence-electron chi connectivity index (χ2n) is 12.3. The number of likely N-dealkylation sites (tertiary alicyclic amines) is 1. The van der Waals surface area contributed by atoms with Crippen LogP contribution in [-0.2, 0) is 4.79 Å². The van der Waals surface area contributed by atoms with Crippen molar-refractivity contribution < 1.29 is 46.8 Å². The molecule has 0 saturated carbocycles. The van der Waals surface area contributed by atoms with Crippen molar-refractivity contribution in [3.05, 3.63) is 82.8 Å². The van der Waals surface area contributed by atoms with Crippen LogP contribution in [0.2, 0.25) is 0 Å². The van der Waals surface area contributed by atoms with Crippen LogP contribution in [0.25, 0.3) is 0 Å². The smallest absolute Gasteiger partial charge is 0.251 e. The lowest BCUT2D eigenvalue weighted by Gasteiger charge is -2.35. The van der Waals surface area contributed by atoms with Crippen LogP contribution in [0.4, 0.5) is 23.4 Å². The molecule has 1 aliphatic rings. The number of benzene rings is 2. The highest BCUT2D eigenvalue weighted by molar-refractivity contribution is 5.93. The Balaban J connectivity index is 0.000000517. The molecule has 0 bridgehead atoms. The van der Waals surface area contributed by atoms with Gasteiger partial charge < -0.3 is 39.6 Å². The number of halogens is 4. The molecular weight excluding hydrogens is 660 g/mol. The normalized spacial score (nSPS) is 13.9. The van der Waals surface area contributed by atoms with E-state index in [-0.39, 0.29) is 41.9 Å².